The molecule has 2 aromatic carbocycles. The van der Waals surface area contributed by atoms with Crippen molar-refractivity contribution < 1.29 is 22.9 Å². The number of hydrogen-bond acceptors (Lipinski definition) is 3. The number of carbonyl (C=O) groups is 1. The lowest BCUT2D eigenvalue weighted by atomic mass is 10.1. The number of amides is 1. The van der Waals surface area contributed by atoms with Gasteiger partial charge in [-0.2, -0.15) is 13.2 Å². The number of anilines is 1. The second kappa shape index (κ2) is 6.93. The largest absolute Gasteiger partial charge is 0.418 e. The van der Waals surface area contributed by atoms with Crippen LogP contribution < -0.4 is 5.32 Å². The molecule has 0 aliphatic rings. The molecule has 0 aliphatic carbocycles. The first-order chi connectivity index (χ1) is 11.1. The molecule has 2 rings (SSSR count). The van der Waals surface area contributed by atoms with Gasteiger partial charge in [-0.05, 0) is 52.9 Å². The number of benzene rings is 2. The third-order valence-electron chi connectivity index (χ3n) is 2.94. The summed E-state index contributed by atoms with van der Waals surface area (Å²) in [4.78, 5) is 22.1. The summed E-state index contributed by atoms with van der Waals surface area (Å²) in [6.45, 7) is 0. The van der Waals surface area contributed by atoms with Gasteiger partial charge in [0.2, 0.25) is 0 Å². The summed E-state index contributed by atoms with van der Waals surface area (Å²) in [5.41, 5.74) is -2.14. The molecule has 0 atom stereocenters. The van der Waals surface area contributed by atoms with Crippen molar-refractivity contribution in [2.45, 2.75) is 6.18 Å². The number of nitro groups is 1. The van der Waals surface area contributed by atoms with Crippen molar-refractivity contribution in [2.24, 2.45) is 0 Å². The Balaban J connectivity index is 2.38. The van der Waals surface area contributed by atoms with Gasteiger partial charge < -0.3 is 5.32 Å². The van der Waals surface area contributed by atoms with Crippen molar-refractivity contribution in [1.82, 2.24) is 0 Å². The molecular weight excluding hydrogens is 464 g/mol. The van der Waals surface area contributed by atoms with E-state index in [1.165, 1.54) is 12.1 Å². The predicted molar refractivity (Wildman–Crippen MR) is 90.2 cm³/mol. The fraction of sp³-hybridized carbons (Fsp3) is 0.0714. The van der Waals surface area contributed by atoms with Crippen molar-refractivity contribution in [1.29, 1.82) is 0 Å². The van der Waals surface area contributed by atoms with Crippen LogP contribution in [-0.4, -0.2) is 10.8 Å². The summed E-state index contributed by atoms with van der Waals surface area (Å²) in [6, 6.07) is 6.62. The van der Waals surface area contributed by atoms with Gasteiger partial charge >= 0.3 is 6.18 Å². The molecule has 1 N–H and O–H groups in total. The quantitative estimate of drug-likeness (QED) is 0.384. The summed E-state index contributed by atoms with van der Waals surface area (Å²) >= 11 is 7.36. The molecule has 10 heteroatoms. The third-order valence-corrected chi connectivity index (χ3v) is 3.93. The molecule has 0 saturated heterocycles. The van der Waals surface area contributed by atoms with Crippen LogP contribution >= 0.6 is 34.2 Å². The van der Waals surface area contributed by atoms with Gasteiger partial charge in [-0.15, -0.1) is 0 Å². The Morgan fingerprint density at radius 2 is 1.88 bits per heavy atom. The molecule has 24 heavy (non-hydrogen) atoms. The first-order valence-corrected chi connectivity index (χ1v) is 7.67. The highest BCUT2D eigenvalue weighted by atomic mass is 127. The summed E-state index contributed by atoms with van der Waals surface area (Å²) in [5.74, 6) is -0.915. The standard InChI is InChI=1S/C14H7ClF3IN2O3/c15-10-3-1-7(5-12(10)21(23)24)13(22)20-11-4-2-8(19)6-9(11)14(16,17)18/h1-6H,(H,20,22). The van der Waals surface area contributed by atoms with E-state index in [1.54, 1.807) is 22.6 Å². The van der Waals surface area contributed by atoms with Crippen LogP contribution in [0.25, 0.3) is 0 Å². The second-order valence-electron chi connectivity index (χ2n) is 4.57. The third kappa shape index (κ3) is 4.15. The minimum Gasteiger partial charge on any atom is -0.321 e. The second-order valence-corrected chi connectivity index (χ2v) is 6.22. The smallest absolute Gasteiger partial charge is 0.321 e. The van der Waals surface area contributed by atoms with Crippen molar-refractivity contribution >= 4 is 51.5 Å². The topological polar surface area (TPSA) is 72.2 Å². The van der Waals surface area contributed by atoms with E-state index in [2.05, 4.69) is 5.32 Å². The predicted octanol–water partition coefficient (Wildman–Crippen LogP) is 5.12. The Morgan fingerprint density at radius 3 is 2.46 bits per heavy atom. The van der Waals surface area contributed by atoms with Crippen LogP contribution in [0.3, 0.4) is 0 Å². The molecule has 0 heterocycles. The molecule has 0 spiro atoms. The van der Waals surface area contributed by atoms with Crippen molar-refractivity contribution in [3.8, 4) is 0 Å². The van der Waals surface area contributed by atoms with E-state index in [-0.39, 0.29) is 10.6 Å². The van der Waals surface area contributed by atoms with Crippen LogP contribution in [0.5, 0.6) is 0 Å². The summed E-state index contributed by atoms with van der Waals surface area (Å²) in [6.07, 6.45) is -4.66. The van der Waals surface area contributed by atoms with Crippen LogP contribution in [-0.2, 0) is 6.18 Å². The van der Waals surface area contributed by atoms with Crippen LogP contribution in [0.1, 0.15) is 15.9 Å². The average molecular weight is 471 g/mol. The average Bonchev–Trinajstić information content (AvgIpc) is 2.48. The van der Waals surface area contributed by atoms with Crippen molar-refractivity contribution in [3.63, 3.8) is 0 Å². The summed E-state index contributed by atoms with van der Waals surface area (Å²) in [7, 11) is 0. The lowest BCUT2D eigenvalue weighted by molar-refractivity contribution is -0.384. The molecule has 1 amide bonds. The molecule has 2 aromatic rings. The lowest BCUT2D eigenvalue weighted by Gasteiger charge is -2.14. The molecule has 126 valence electrons. The number of nitrogens with zero attached hydrogens (tertiary/aromatic N) is 1. The summed E-state index contributed by atoms with van der Waals surface area (Å²) < 4.78 is 39.5. The van der Waals surface area contributed by atoms with Crippen molar-refractivity contribution in [3.05, 3.63) is 66.2 Å². The van der Waals surface area contributed by atoms with Gasteiger partial charge in [0.15, 0.2) is 0 Å². The highest BCUT2D eigenvalue weighted by Gasteiger charge is 2.34. The maximum absolute atomic E-state index is 13.0. The lowest BCUT2D eigenvalue weighted by Crippen LogP contribution is -2.17. The first kappa shape index (κ1) is 18.5. The van der Waals surface area contributed by atoms with Gasteiger partial charge in [-0.3, -0.25) is 14.9 Å². The molecular formula is C14H7ClF3IN2O3. The normalized spacial score (nSPS) is 11.2. The Bertz CT molecular complexity index is 827. The zero-order valence-corrected chi connectivity index (χ0v) is 14.4. The van der Waals surface area contributed by atoms with E-state index >= 15 is 0 Å². The van der Waals surface area contributed by atoms with E-state index in [0.717, 1.165) is 24.3 Å². The fourth-order valence-electron chi connectivity index (χ4n) is 1.85. The van der Waals surface area contributed by atoms with Gasteiger partial charge in [-0.25, -0.2) is 0 Å². The van der Waals surface area contributed by atoms with Gasteiger partial charge in [0.1, 0.15) is 5.02 Å². The van der Waals surface area contributed by atoms with Crippen molar-refractivity contribution in [2.75, 3.05) is 5.32 Å². The Kier molecular flexibility index (Phi) is 5.33. The SMILES string of the molecule is O=C(Nc1ccc(I)cc1C(F)(F)F)c1ccc(Cl)c([N+](=O)[O-])c1. The zero-order valence-electron chi connectivity index (χ0n) is 11.5. The van der Waals surface area contributed by atoms with Crippen LogP contribution in [0.2, 0.25) is 5.02 Å². The van der Waals surface area contributed by atoms with Crippen LogP contribution in [0.15, 0.2) is 36.4 Å². The number of hydrogen-bond donors (Lipinski definition) is 1. The Labute approximate surface area is 152 Å². The van der Waals surface area contributed by atoms with E-state index in [4.69, 9.17) is 11.6 Å². The van der Waals surface area contributed by atoms with E-state index in [0.29, 0.717) is 3.57 Å². The van der Waals surface area contributed by atoms with Gasteiger partial charge in [0, 0.05) is 15.2 Å². The minimum absolute atomic E-state index is 0.179. The molecule has 0 fully saturated rings. The summed E-state index contributed by atoms with van der Waals surface area (Å²) in [5, 5.41) is 12.8. The molecule has 0 aromatic heterocycles. The van der Waals surface area contributed by atoms with Gasteiger partial charge in [0.25, 0.3) is 11.6 Å². The number of nitrogens with one attached hydrogen (secondary N) is 1. The highest BCUT2D eigenvalue weighted by molar-refractivity contribution is 14.1. The van der Waals surface area contributed by atoms with Crippen LogP contribution in [0.4, 0.5) is 24.5 Å². The number of nitro benzene ring substituents is 1. The minimum atomic E-state index is -4.66. The molecule has 0 unspecified atom stereocenters. The number of carbonyl (C=O) groups excluding carboxylic acids is 1. The molecule has 0 bridgehead atoms. The number of rotatable bonds is 3. The number of halogens is 5. The van der Waals surface area contributed by atoms with E-state index < -0.39 is 33.9 Å². The van der Waals surface area contributed by atoms with E-state index in [1.807, 2.05) is 0 Å². The Hall–Kier alpha value is -1.88. The fourth-order valence-corrected chi connectivity index (χ4v) is 2.53. The first-order valence-electron chi connectivity index (χ1n) is 6.21. The van der Waals surface area contributed by atoms with Crippen LogP contribution in [0, 0.1) is 13.7 Å². The Morgan fingerprint density at radius 1 is 1.21 bits per heavy atom. The zero-order chi connectivity index (χ0) is 18.1. The van der Waals surface area contributed by atoms with Gasteiger partial charge in [0.05, 0.1) is 16.2 Å². The number of alkyl halides is 3. The monoisotopic (exact) mass is 470 g/mol. The molecule has 5 nitrogen and oxygen atoms in total. The maximum Gasteiger partial charge on any atom is 0.418 e. The maximum atomic E-state index is 13.0. The molecule has 0 aliphatic heterocycles. The highest BCUT2D eigenvalue weighted by Crippen LogP contribution is 2.36. The van der Waals surface area contributed by atoms with Gasteiger partial charge in [-0.1, -0.05) is 11.6 Å². The van der Waals surface area contributed by atoms with E-state index in [9.17, 15) is 28.1 Å². The molecule has 0 saturated carbocycles. The molecule has 0 radical (unpaired) electrons.